The summed E-state index contributed by atoms with van der Waals surface area (Å²) in [6, 6.07) is 4.49. The molecule has 1 rings (SSSR count). The average molecular weight is 412 g/mol. The molecular formula is C19H29N3O5S. The maximum atomic E-state index is 12.5. The fourth-order valence-corrected chi connectivity index (χ4v) is 3.87. The second kappa shape index (κ2) is 10.7. The van der Waals surface area contributed by atoms with Crippen LogP contribution in [0.1, 0.15) is 26.3 Å². The summed E-state index contributed by atoms with van der Waals surface area (Å²) in [4.78, 5) is 14.1. The highest BCUT2D eigenvalue weighted by Crippen LogP contribution is 2.23. The van der Waals surface area contributed by atoms with Gasteiger partial charge in [-0.05, 0) is 57.5 Å². The molecule has 3 N–H and O–H groups in total. The molecule has 0 aliphatic carbocycles. The van der Waals surface area contributed by atoms with E-state index in [1.165, 1.54) is 19.3 Å². The lowest BCUT2D eigenvalue weighted by Crippen LogP contribution is -2.35. The minimum absolute atomic E-state index is 0.0378. The smallest absolute Gasteiger partial charge is 0.333 e. The van der Waals surface area contributed by atoms with E-state index in [-0.39, 0.29) is 17.3 Å². The summed E-state index contributed by atoms with van der Waals surface area (Å²) < 4.78 is 32.0. The SMILES string of the molecule is CC=C(OC)C(=CC)S(=O)(=O)NC(=O)Nc1ccc(N(CC)CCO)cc1C. The molecule has 0 heterocycles. The molecule has 1 aromatic rings. The van der Waals surface area contributed by atoms with Crippen LogP contribution >= 0.6 is 0 Å². The molecule has 156 valence electrons. The number of rotatable bonds is 9. The fraction of sp³-hybridized carbons (Fsp3) is 0.421. The number of hydrogen-bond acceptors (Lipinski definition) is 6. The van der Waals surface area contributed by atoms with E-state index in [1.807, 2.05) is 22.6 Å². The number of likely N-dealkylation sites (N-methyl/N-ethyl adjacent to an activating group) is 1. The van der Waals surface area contributed by atoms with Crippen molar-refractivity contribution in [3.63, 3.8) is 0 Å². The second-order valence-electron chi connectivity index (χ2n) is 5.87. The fourth-order valence-electron chi connectivity index (χ4n) is 2.69. The van der Waals surface area contributed by atoms with Gasteiger partial charge in [0.1, 0.15) is 10.7 Å². The van der Waals surface area contributed by atoms with E-state index in [4.69, 9.17) is 9.84 Å². The molecule has 0 saturated carbocycles. The Bertz CT molecular complexity index is 847. The molecule has 0 atom stereocenters. The van der Waals surface area contributed by atoms with Crippen LogP contribution in [0, 0.1) is 6.92 Å². The number of allylic oxidation sites excluding steroid dienone is 2. The molecule has 9 heteroatoms. The first kappa shape index (κ1) is 23.5. The highest BCUT2D eigenvalue weighted by molar-refractivity contribution is 7.94. The Labute approximate surface area is 166 Å². The number of nitrogens with one attached hydrogen (secondary N) is 2. The zero-order valence-electron chi connectivity index (χ0n) is 16.9. The van der Waals surface area contributed by atoms with E-state index in [1.54, 1.807) is 32.9 Å². The third kappa shape index (κ3) is 6.00. The van der Waals surface area contributed by atoms with Gasteiger partial charge >= 0.3 is 6.03 Å². The number of urea groups is 1. The van der Waals surface area contributed by atoms with Crippen LogP contribution in [-0.4, -0.2) is 46.4 Å². The first-order chi connectivity index (χ1) is 13.2. The quantitative estimate of drug-likeness (QED) is 0.426. The van der Waals surface area contributed by atoms with Crippen LogP contribution in [0.3, 0.4) is 0 Å². The van der Waals surface area contributed by atoms with E-state index >= 15 is 0 Å². The van der Waals surface area contributed by atoms with E-state index in [2.05, 4.69) is 5.32 Å². The van der Waals surface area contributed by atoms with Gasteiger partial charge < -0.3 is 20.1 Å². The molecule has 8 nitrogen and oxygen atoms in total. The van der Waals surface area contributed by atoms with Crippen molar-refractivity contribution in [2.75, 3.05) is 37.0 Å². The van der Waals surface area contributed by atoms with Gasteiger partial charge in [0.15, 0.2) is 0 Å². The van der Waals surface area contributed by atoms with Crippen molar-refractivity contribution in [2.45, 2.75) is 27.7 Å². The number of ether oxygens (including phenoxy) is 1. The van der Waals surface area contributed by atoms with Crippen LogP contribution in [0.5, 0.6) is 0 Å². The Balaban J connectivity index is 2.96. The van der Waals surface area contributed by atoms with Gasteiger partial charge in [-0.2, -0.15) is 0 Å². The molecule has 28 heavy (non-hydrogen) atoms. The number of sulfonamides is 1. The van der Waals surface area contributed by atoms with Crippen molar-refractivity contribution in [1.82, 2.24) is 4.72 Å². The molecule has 0 bridgehead atoms. The first-order valence-corrected chi connectivity index (χ1v) is 10.4. The Hall–Kier alpha value is -2.52. The Kier molecular flexibility index (Phi) is 9.01. The normalized spacial score (nSPS) is 12.5. The monoisotopic (exact) mass is 411 g/mol. The van der Waals surface area contributed by atoms with E-state index in [0.717, 1.165) is 17.8 Å². The standard InChI is InChI=1S/C19H29N3O5S/c1-6-17(27-5)18(7-2)28(25,26)21-19(24)20-16-10-9-15(13-14(16)4)22(8-3)11-12-23/h6-7,9-10,13,23H,8,11-12H2,1-5H3,(H2,20,21,24). The van der Waals surface area contributed by atoms with Crippen molar-refractivity contribution >= 4 is 27.4 Å². The van der Waals surface area contributed by atoms with Crippen molar-refractivity contribution in [1.29, 1.82) is 0 Å². The summed E-state index contributed by atoms with van der Waals surface area (Å²) in [5, 5.41) is 11.7. The average Bonchev–Trinajstić information content (AvgIpc) is 2.64. The number of carbonyl (C=O) groups is 1. The summed E-state index contributed by atoms with van der Waals surface area (Å²) in [6.45, 7) is 8.23. The minimum Gasteiger partial charge on any atom is -0.496 e. The Morgan fingerprint density at radius 1 is 1.29 bits per heavy atom. The zero-order valence-corrected chi connectivity index (χ0v) is 17.8. The molecule has 1 aromatic carbocycles. The molecule has 0 saturated heterocycles. The summed E-state index contributed by atoms with van der Waals surface area (Å²) in [5.74, 6) is 0.145. The molecule has 0 spiro atoms. The van der Waals surface area contributed by atoms with Gasteiger partial charge in [0.05, 0.1) is 13.7 Å². The van der Waals surface area contributed by atoms with Crippen molar-refractivity contribution < 1.29 is 23.1 Å². The number of aliphatic hydroxyl groups is 1. The number of aryl methyl sites for hydroxylation is 1. The molecule has 0 unspecified atom stereocenters. The Morgan fingerprint density at radius 2 is 1.96 bits per heavy atom. The van der Waals surface area contributed by atoms with Gasteiger partial charge in [0, 0.05) is 24.5 Å². The first-order valence-electron chi connectivity index (χ1n) is 8.91. The van der Waals surface area contributed by atoms with Gasteiger partial charge in [-0.1, -0.05) is 6.08 Å². The van der Waals surface area contributed by atoms with Crippen LogP contribution < -0.4 is 14.9 Å². The number of anilines is 2. The minimum atomic E-state index is -4.09. The number of benzene rings is 1. The maximum absolute atomic E-state index is 12.5. The number of methoxy groups -OCH3 is 1. The van der Waals surface area contributed by atoms with Crippen LogP contribution in [0.25, 0.3) is 0 Å². The molecule has 0 fully saturated rings. The highest BCUT2D eigenvalue weighted by Gasteiger charge is 2.24. The van der Waals surface area contributed by atoms with E-state index in [9.17, 15) is 13.2 Å². The van der Waals surface area contributed by atoms with Gasteiger partial charge in [0.2, 0.25) is 0 Å². The van der Waals surface area contributed by atoms with Crippen molar-refractivity contribution in [3.05, 3.63) is 46.6 Å². The van der Waals surface area contributed by atoms with Crippen LogP contribution in [-0.2, 0) is 14.8 Å². The van der Waals surface area contributed by atoms with Crippen molar-refractivity contribution in [2.24, 2.45) is 0 Å². The lowest BCUT2D eigenvalue weighted by Gasteiger charge is -2.23. The lowest BCUT2D eigenvalue weighted by molar-refractivity contribution is 0.256. The third-order valence-corrected chi connectivity index (χ3v) is 5.55. The molecular weight excluding hydrogens is 382 g/mol. The molecule has 0 aliphatic rings. The maximum Gasteiger partial charge on any atom is 0.333 e. The zero-order chi connectivity index (χ0) is 21.3. The van der Waals surface area contributed by atoms with Gasteiger partial charge in [-0.25, -0.2) is 17.9 Å². The number of aliphatic hydroxyl groups excluding tert-OH is 1. The molecule has 0 aromatic heterocycles. The predicted octanol–water partition coefficient (Wildman–Crippen LogP) is 2.72. The predicted molar refractivity (Wildman–Crippen MR) is 112 cm³/mol. The number of carbonyl (C=O) groups excluding carboxylic acids is 1. The number of hydrogen-bond donors (Lipinski definition) is 3. The van der Waals surface area contributed by atoms with Crippen LogP contribution in [0.4, 0.5) is 16.2 Å². The molecule has 0 aliphatic heterocycles. The highest BCUT2D eigenvalue weighted by atomic mass is 32.2. The summed E-state index contributed by atoms with van der Waals surface area (Å²) in [5.41, 5.74) is 2.15. The summed E-state index contributed by atoms with van der Waals surface area (Å²) >= 11 is 0. The summed E-state index contributed by atoms with van der Waals surface area (Å²) in [7, 11) is -2.73. The third-order valence-electron chi connectivity index (χ3n) is 4.08. The van der Waals surface area contributed by atoms with E-state index < -0.39 is 16.1 Å². The largest absolute Gasteiger partial charge is 0.496 e. The van der Waals surface area contributed by atoms with Crippen molar-refractivity contribution in [3.8, 4) is 0 Å². The van der Waals surface area contributed by atoms with Crippen LogP contribution in [0.2, 0.25) is 0 Å². The van der Waals surface area contributed by atoms with E-state index in [0.29, 0.717) is 12.2 Å². The lowest BCUT2D eigenvalue weighted by atomic mass is 10.1. The van der Waals surface area contributed by atoms with Gasteiger partial charge in [-0.15, -0.1) is 0 Å². The van der Waals surface area contributed by atoms with Crippen LogP contribution in [0.15, 0.2) is 41.0 Å². The Morgan fingerprint density at radius 3 is 2.43 bits per heavy atom. The van der Waals surface area contributed by atoms with Gasteiger partial charge in [0.25, 0.3) is 10.0 Å². The van der Waals surface area contributed by atoms with Gasteiger partial charge in [-0.3, -0.25) is 0 Å². The number of nitrogens with zero attached hydrogens (tertiary/aromatic N) is 1. The number of amides is 2. The molecule has 2 amide bonds. The summed E-state index contributed by atoms with van der Waals surface area (Å²) in [6.07, 6.45) is 2.86. The topological polar surface area (TPSA) is 108 Å². The molecule has 0 radical (unpaired) electrons. The second-order valence-corrected chi connectivity index (χ2v) is 7.52.